The second-order valence-corrected chi connectivity index (χ2v) is 6.47. The summed E-state index contributed by atoms with van der Waals surface area (Å²) in [5, 5.41) is 4.09. The molecule has 2 atom stereocenters. The molecule has 100 valence electrons. The fourth-order valence-electron chi connectivity index (χ4n) is 2.30. The summed E-state index contributed by atoms with van der Waals surface area (Å²) in [6.45, 7) is 7.24. The molecule has 1 fully saturated rings. The number of halogens is 2. The number of rotatable bonds is 4. The molecule has 1 aliphatic rings. The number of aromatic nitrogens is 1. The lowest BCUT2D eigenvalue weighted by Crippen LogP contribution is -2.58. The minimum absolute atomic E-state index is 0.122. The van der Waals surface area contributed by atoms with E-state index in [1.54, 1.807) is 6.20 Å². The molecule has 0 aliphatic heterocycles. The van der Waals surface area contributed by atoms with Crippen molar-refractivity contribution in [1.82, 2.24) is 4.98 Å². The van der Waals surface area contributed by atoms with E-state index < -0.39 is 0 Å². The highest BCUT2D eigenvalue weighted by atomic mass is 79.9. The summed E-state index contributed by atoms with van der Waals surface area (Å²) in [5.41, 5.74) is 0.122. The van der Waals surface area contributed by atoms with Gasteiger partial charge in [-0.15, -0.1) is 0 Å². The number of nitrogens with one attached hydrogen (secondary N) is 1. The molecule has 1 heterocycles. The molecule has 2 rings (SSSR count). The van der Waals surface area contributed by atoms with Crippen LogP contribution in [0.1, 0.15) is 27.2 Å². The Labute approximate surface area is 121 Å². The van der Waals surface area contributed by atoms with Crippen LogP contribution in [0.5, 0.6) is 0 Å². The van der Waals surface area contributed by atoms with Crippen LogP contribution in [0.2, 0.25) is 5.02 Å². The van der Waals surface area contributed by atoms with Crippen LogP contribution in [0.15, 0.2) is 16.7 Å². The Morgan fingerprint density at radius 1 is 1.61 bits per heavy atom. The zero-order chi connectivity index (χ0) is 13.3. The molecule has 0 bridgehead atoms. The molecule has 0 saturated heterocycles. The van der Waals surface area contributed by atoms with Crippen LogP contribution in [0.4, 0.5) is 5.82 Å². The number of nitrogens with zero attached hydrogens (tertiary/aromatic N) is 1. The Kier molecular flexibility index (Phi) is 4.19. The lowest BCUT2D eigenvalue weighted by atomic mass is 9.64. The highest BCUT2D eigenvalue weighted by Gasteiger charge is 2.49. The zero-order valence-corrected chi connectivity index (χ0v) is 13.2. The molecule has 1 saturated carbocycles. The van der Waals surface area contributed by atoms with Gasteiger partial charge < -0.3 is 10.1 Å². The molecule has 5 heteroatoms. The summed E-state index contributed by atoms with van der Waals surface area (Å²) in [4.78, 5) is 4.31. The highest BCUT2D eigenvalue weighted by Crippen LogP contribution is 2.44. The average molecular weight is 334 g/mol. The van der Waals surface area contributed by atoms with Gasteiger partial charge in [-0.25, -0.2) is 4.98 Å². The second-order valence-electron chi connectivity index (χ2n) is 5.18. The van der Waals surface area contributed by atoms with E-state index in [1.807, 2.05) is 13.0 Å². The molecule has 1 N–H and O–H groups in total. The fourth-order valence-corrected chi connectivity index (χ4v) is 3.05. The largest absolute Gasteiger partial charge is 0.378 e. The van der Waals surface area contributed by atoms with E-state index in [1.165, 1.54) is 0 Å². The molecular weight excluding hydrogens is 316 g/mol. The summed E-state index contributed by atoms with van der Waals surface area (Å²) >= 11 is 9.35. The predicted molar refractivity (Wildman–Crippen MR) is 78.2 cm³/mol. The Bertz CT molecular complexity index is 439. The average Bonchev–Trinajstić information content (AvgIpc) is 2.30. The Morgan fingerprint density at radius 3 is 2.89 bits per heavy atom. The van der Waals surface area contributed by atoms with E-state index >= 15 is 0 Å². The molecule has 0 spiro atoms. The molecule has 1 aromatic heterocycles. The van der Waals surface area contributed by atoms with Crippen LogP contribution in [0.25, 0.3) is 0 Å². The normalized spacial score (nSPS) is 25.6. The molecule has 3 nitrogen and oxygen atoms in total. The number of hydrogen-bond donors (Lipinski definition) is 1. The Morgan fingerprint density at radius 2 is 2.33 bits per heavy atom. The van der Waals surface area contributed by atoms with Crippen LogP contribution in [0, 0.1) is 5.41 Å². The Balaban J connectivity index is 2.03. The van der Waals surface area contributed by atoms with Crippen molar-refractivity contribution >= 4 is 33.3 Å². The van der Waals surface area contributed by atoms with Gasteiger partial charge in [-0.05, 0) is 35.3 Å². The number of anilines is 1. The van der Waals surface area contributed by atoms with Crippen LogP contribution >= 0.6 is 27.5 Å². The number of hydrogen-bond acceptors (Lipinski definition) is 3. The van der Waals surface area contributed by atoms with E-state index in [-0.39, 0.29) is 5.41 Å². The van der Waals surface area contributed by atoms with Gasteiger partial charge in [0.05, 0.1) is 15.6 Å². The topological polar surface area (TPSA) is 34.1 Å². The molecule has 1 aliphatic carbocycles. The first-order valence-electron chi connectivity index (χ1n) is 6.14. The van der Waals surface area contributed by atoms with Crippen molar-refractivity contribution < 1.29 is 4.74 Å². The third-order valence-corrected chi connectivity index (χ3v) is 4.48. The van der Waals surface area contributed by atoms with Gasteiger partial charge in [-0.2, -0.15) is 0 Å². The maximum absolute atomic E-state index is 5.88. The van der Waals surface area contributed by atoms with Crippen LogP contribution in [0.3, 0.4) is 0 Å². The first-order chi connectivity index (χ1) is 8.45. The molecule has 1 aromatic rings. The van der Waals surface area contributed by atoms with Gasteiger partial charge in [0.25, 0.3) is 0 Å². The summed E-state index contributed by atoms with van der Waals surface area (Å²) in [6.07, 6.45) is 2.99. The van der Waals surface area contributed by atoms with E-state index in [4.69, 9.17) is 16.3 Å². The van der Waals surface area contributed by atoms with Crippen molar-refractivity contribution in [1.29, 1.82) is 0 Å². The highest BCUT2D eigenvalue weighted by molar-refractivity contribution is 9.10. The first-order valence-corrected chi connectivity index (χ1v) is 7.31. The zero-order valence-electron chi connectivity index (χ0n) is 10.8. The third-order valence-electron chi connectivity index (χ3n) is 3.66. The smallest absolute Gasteiger partial charge is 0.140 e. The maximum atomic E-state index is 5.88. The fraction of sp³-hybridized carbons (Fsp3) is 0.615. The van der Waals surface area contributed by atoms with E-state index in [0.717, 1.165) is 23.3 Å². The minimum atomic E-state index is 0.122. The minimum Gasteiger partial charge on any atom is -0.378 e. The lowest BCUT2D eigenvalue weighted by Gasteiger charge is -2.51. The van der Waals surface area contributed by atoms with Gasteiger partial charge in [0.1, 0.15) is 5.82 Å². The summed E-state index contributed by atoms with van der Waals surface area (Å²) in [5.74, 6) is 0.840. The van der Waals surface area contributed by atoms with Gasteiger partial charge in [0, 0.05) is 24.3 Å². The SMILES string of the molecule is CCOC1CC(Nc2ncc(Cl)cc2Br)C1(C)C. The van der Waals surface area contributed by atoms with E-state index in [2.05, 4.69) is 40.1 Å². The summed E-state index contributed by atoms with van der Waals surface area (Å²) < 4.78 is 6.61. The Hall–Kier alpha value is -0.320. The van der Waals surface area contributed by atoms with Crippen molar-refractivity contribution in [2.75, 3.05) is 11.9 Å². The molecule has 0 radical (unpaired) electrons. The summed E-state index contributed by atoms with van der Waals surface area (Å²) in [7, 11) is 0. The third kappa shape index (κ3) is 2.65. The van der Waals surface area contributed by atoms with Gasteiger partial charge in [0.15, 0.2) is 0 Å². The van der Waals surface area contributed by atoms with Crippen LogP contribution in [-0.4, -0.2) is 23.7 Å². The molecule has 0 amide bonds. The van der Waals surface area contributed by atoms with Crippen molar-refractivity contribution in [3.63, 3.8) is 0 Å². The lowest BCUT2D eigenvalue weighted by molar-refractivity contribution is -0.0976. The van der Waals surface area contributed by atoms with E-state index in [0.29, 0.717) is 17.2 Å². The van der Waals surface area contributed by atoms with Crippen LogP contribution < -0.4 is 5.32 Å². The van der Waals surface area contributed by atoms with Gasteiger partial charge in [-0.3, -0.25) is 0 Å². The summed E-state index contributed by atoms with van der Waals surface area (Å²) in [6, 6.07) is 2.22. The number of ether oxygens (including phenoxy) is 1. The van der Waals surface area contributed by atoms with Gasteiger partial charge >= 0.3 is 0 Å². The van der Waals surface area contributed by atoms with Crippen molar-refractivity contribution in [3.8, 4) is 0 Å². The van der Waals surface area contributed by atoms with Gasteiger partial charge in [-0.1, -0.05) is 25.4 Å². The predicted octanol–water partition coefficient (Wildman–Crippen LogP) is 4.11. The first kappa shape index (κ1) is 14.1. The molecule has 2 unspecified atom stereocenters. The van der Waals surface area contributed by atoms with Crippen molar-refractivity contribution in [3.05, 3.63) is 21.8 Å². The van der Waals surface area contributed by atoms with Crippen molar-refractivity contribution in [2.24, 2.45) is 5.41 Å². The quantitative estimate of drug-likeness (QED) is 0.900. The van der Waals surface area contributed by atoms with Crippen LogP contribution in [-0.2, 0) is 4.74 Å². The number of pyridine rings is 1. The monoisotopic (exact) mass is 332 g/mol. The van der Waals surface area contributed by atoms with E-state index in [9.17, 15) is 0 Å². The van der Waals surface area contributed by atoms with Gasteiger partial charge in [0.2, 0.25) is 0 Å². The molecular formula is C13H18BrClN2O. The second kappa shape index (κ2) is 5.35. The maximum Gasteiger partial charge on any atom is 0.140 e. The molecule has 18 heavy (non-hydrogen) atoms. The molecule has 0 aromatic carbocycles. The standard InChI is InChI=1S/C13H18BrClN2O/c1-4-18-11-6-10(13(11,2)3)17-12-9(14)5-8(15)7-16-12/h5,7,10-11H,4,6H2,1-3H3,(H,16,17). The van der Waals surface area contributed by atoms with Crippen molar-refractivity contribution in [2.45, 2.75) is 39.3 Å².